The van der Waals surface area contributed by atoms with Gasteiger partial charge in [-0.1, -0.05) is 142 Å². The summed E-state index contributed by atoms with van der Waals surface area (Å²) < 4.78 is 0. The Morgan fingerprint density at radius 2 is 0.811 bits per heavy atom. The van der Waals surface area contributed by atoms with Gasteiger partial charge in [-0.2, -0.15) is 0 Å². The van der Waals surface area contributed by atoms with Gasteiger partial charge in [-0.05, 0) is 37.8 Å². The van der Waals surface area contributed by atoms with Crippen LogP contribution in [-0.4, -0.2) is 11.8 Å². The fourth-order valence-corrected chi connectivity index (χ4v) is 4.63. The van der Waals surface area contributed by atoms with Gasteiger partial charge in [-0.25, -0.2) is 0 Å². The lowest BCUT2D eigenvalue weighted by atomic mass is 10.1. The number of hydrogen-bond acceptors (Lipinski definition) is 2. The molecule has 0 unspecified atom stereocenters. The van der Waals surface area contributed by atoms with Crippen molar-refractivity contribution in [2.24, 2.45) is 0 Å². The van der Waals surface area contributed by atoms with E-state index in [1.54, 1.807) is 12.2 Å². The molecule has 0 radical (unpaired) electrons. The van der Waals surface area contributed by atoms with Gasteiger partial charge in [-0.15, -0.1) is 0 Å². The van der Waals surface area contributed by atoms with Gasteiger partial charge in [0.25, 0.3) is 0 Å². The summed E-state index contributed by atoms with van der Waals surface area (Å²) in [6, 6.07) is 0. The van der Waals surface area contributed by atoms with Crippen LogP contribution in [-0.2, 0) is 9.59 Å². The van der Waals surface area contributed by atoms with Crippen molar-refractivity contribution in [1.29, 1.82) is 0 Å². The summed E-state index contributed by atoms with van der Waals surface area (Å²) >= 11 is 0. The first-order chi connectivity index (χ1) is 18.2. The van der Waals surface area contributed by atoms with E-state index in [0.29, 0.717) is 6.42 Å². The van der Waals surface area contributed by atoms with Crippen LogP contribution in [0.5, 0.6) is 0 Å². The maximum absolute atomic E-state index is 12.0. The second-order valence-electron chi connectivity index (χ2n) is 10.9. The molecule has 2 N–H and O–H groups in total. The lowest BCUT2D eigenvalue weighted by Crippen LogP contribution is -2.18. The molecular formula is C33H58N2O2. The van der Waals surface area contributed by atoms with Crippen molar-refractivity contribution in [3.8, 4) is 0 Å². The number of carbonyl (C=O) groups is 2. The zero-order chi connectivity index (χ0) is 26.8. The number of rotatable bonds is 26. The zero-order valence-electron chi connectivity index (χ0n) is 24.4. The highest BCUT2D eigenvalue weighted by molar-refractivity contribution is 5.92. The largest absolute Gasteiger partial charge is 0.324 e. The van der Waals surface area contributed by atoms with Crippen LogP contribution >= 0.6 is 0 Å². The van der Waals surface area contributed by atoms with Crippen LogP contribution in [0.2, 0.25) is 0 Å². The predicted molar refractivity (Wildman–Crippen MR) is 159 cm³/mol. The molecule has 212 valence electrons. The molecule has 1 rings (SSSR count). The summed E-state index contributed by atoms with van der Waals surface area (Å²) in [6.07, 6.45) is 36.3. The van der Waals surface area contributed by atoms with Crippen LogP contribution in [0.25, 0.3) is 0 Å². The molecule has 0 aromatic carbocycles. The molecule has 0 aromatic rings. The van der Waals surface area contributed by atoms with Gasteiger partial charge in [0.1, 0.15) is 0 Å². The maximum Gasteiger partial charge on any atom is 0.247 e. The number of carbonyl (C=O) groups excluding carboxylic acids is 2. The number of unbranched alkanes of at least 4 members (excludes halogenated alkanes) is 20. The molecule has 0 fully saturated rings. The average Bonchev–Trinajstić information content (AvgIpc) is 3.61. The van der Waals surface area contributed by atoms with E-state index in [1.807, 2.05) is 12.2 Å². The molecule has 0 saturated heterocycles. The summed E-state index contributed by atoms with van der Waals surface area (Å²) in [4.78, 5) is 24.1. The molecule has 0 atom stereocenters. The van der Waals surface area contributed by atoms with E-state index >= 15 is 0 Å². The van der Waals surface area contributed by atoms with Crippen LogP contribution in [0, 0.1) is 0 Å². The molecule has 0 aliphatic heterocycles. The number of allylic oxidation sites excluding steroid dienone is 4. The van der Waals surface area contributed by atoms with Crippen LogP contribution in [0.1, 0.15) is 162 Å². The number of amides is 2. The predicted octanol–water partition coefficient (Wildman–Crippen LogP) is 9.57. The van der Waals surface area contributed by atoms with E-state index in [9.17, 15) is 9.59 Å². The van der Waals surface area contributed by atoms with Gasteiger partial charge in [-0.3, -0.25) is 9.59 Å². The smallest absolute Gasteiger partial charge is 0.247 e. The van der Waals surface area contributed by atoms with Gasteiger partial charge in [0.05, 0.1) is 0 Å². The minimum absolute atomic E-state index is 0.0946. The molecule has 0 heterocycles. The van der Waals surface area contributed by atoms with E-state index in [4.69, 9.17) is 0 Å². The first-order valence-electron chi connectivity index (χ1n) is 15.8. The Hall–Kier alpha value is -1.84. The zero-order valence-corrected chi connectivity index (χ0v) is 24.4. The molecule has 4 heteroatoms. The van der Waals surface area contributed by atoms with Gasteiger partial charge in [0, 0.05) is 17.8 Å². The van der Waals surface area contributed by atoms with E-state index in [0.717, 1.165) is 37.1 Å². The van der Waals surface area contributed by atoms with Crippen LogP contribution < -0.4 is 10.6 Å². The molecule has 37 heavy (non-hydrogen) atoms. The molecule has 2 amide bonds. The van der Waals surface area contributed by atoms with Gasteiger partial charge in [0.15, 0.2) is 0 Å². The third-order valence-electron chi connectivity index (χ3n) is 7.13. The summed E-state index contributed by atoms with van der Waals surface area (Å²) in [5.74, 6) is -0.189. The lowest BCUT2D eigenvalue weighted by Gasteiger charge is -2.01. The minimum atomic E-state index is -0.0946. The van der Waals surface area contributed by atoms with Crippen LogP contribution in [0.3, 0.4) is 0 Å². The fourth-order valence-electron chi connectivity index (χ4n) is 4.63. The molecule has 0 bridgehead atoms. The highest BCUT2D eigenvalue weighted by Gasteiger charge is 2.24. The normalized spacial score (nSPS) is 13.1. The first kappa shape index (κ1) is 33.2. The van der Waals surface area contributed by atoms with Crippen molar-refractivity contribution in [1.82, 2.24) is 10.6 Å². The van der Waals surface area contributed by atoms with Crippen molar-refractivity contribution in [3.63, 3.8) is 0 Å². The average molecular weight is 515 g/mol. The Morgan fingerprint density at radius 3 is 1.14 bits per heavy atom. The second kappa shape index (κ2) is 24.5. The van der Waals surface area contributed by atoms with Gasteiger partial charge < -0.3 is 10.6 Å². The van der Waals surface area contributed by atoms with Crippen LogP contribution in [0.4, 0.5) is 0 Å². The quantitative estimate of drug-likeness (QED) is 0.0891. The number of hydrogen-bond donors (Lipinski definition) is 2. The third kappa shape index (κ3) is 21.9. The number of nitrogens with one attached hydrogen (secondary N) is 2. The summed E-state index contributed by atoms with van der Waals surface area (Å²) in [6.45, 7) is 4.52. The summed E-state index contributed by atoms with van der Waals surface area (Å²) in [5.41, 5.74) is 1.68. The Labute approximate surface area is 229 Å². The van der Waals surface area contributed by atoms with Crippen LogP contribution in [0.15, 0.2) is 35.7 Å². The van der Waals surface area contributed by atoms with Crippen molar-refractivity contribution in [2.75, 3.05) is 0 Å². The van der Waals surface area contributed by atoms with Crippen molar-refractivity contribution < 1.29 is 9.59 Å². The molecule has 1 aliphatic rings. The van der Waals surface area contributed by atoms with Crippen molar-refractivity contribution in [2.45, 2.75) is 162 Å². The SMILES string of the molecule is CCCCCCCCCCCC/C=C/C(=O)NC1=C(NC(=O)/C=C/CCCCCCCCCCCC)C1. The van der Waals surface area contributed by atoms with E-state index in [1.165, 1.54) is 116 Å². The van der Waals surface area contributed by atoms with E-state index in [-0.39, 0.29) is 11.8 Å². The minimum Gasteiger partial charge on any atom is -0.324 e. The molecule has 0 saturated carbocycles. The van der Waals surface area contributed by atoms with Gasteiger partial charge >= 0.3 is 0 Å². The van der Waals surface area contributed by atoms with Crippen molar-refractivity contribution >= 4 is 11.8 Å². The molecule has 0 aromatic heterocycles. The Bertz CT molecular complexity index is 622. The highest BCUT2D eigenvalue weighted by Crippen LogP contribution is 2.25. The lowest BCUT2D eigenvalue weighted by molar-refractivity contribution is -0.116. The Kier molecular flexibility index (Phi) is 22.0. The highest BCUT2D eigenvalue weighted by atomic mass is 16.2. The first-order valence-corrected chi connectivity index (χ1v) is 15.8. The Morgan fingerprint density at radius 1 is 0.514 bits per heavy atom. The molecule has 4 nitrogen and oxygen atoms in total. The third-order valence-corrected chi connectivity index (χ3v) is 7.13. The standard InChI is InChI=1S/C33H58N2O2/c1-3-5-7-9-11-13-15-17-19-21-23-25-27-32(36)34-30-29-31(30)35-33(37)28-26-24-22-20-18-16-14-12-10-8-6-4-2/h25-28H,3-24,29H2,1-2H3,(H,34,36)(H,35,37)/b27-25+,28-26+. The van der Waals surface area contributed by atoms with Crippen molar-refractivity contribution in [3.05, 3.63) is 35.7 Å². The van der Waals surface area contributed by atoms with E-state index in [2.05, 4.69) is 24.5 Å². The fraction of sp³-hybridized carbons (Fsp3) is 0.758. The second-order valence-corrected chi connectivity index (χ2v) is 10.9. The molecular weight excluding hydrogens is 456 g/mol. The van der Waals surface area contributed by atoms with Gasteiger partial charge in [0.2, 0.25) is 11.8 Å². The molecule has 1 aliphatic carbocycles. The summed E-state index contributed by atoms with van der Waals surface area (Å²) in [7, 11) is 0. The maximum atomic E-state index is 12.0. The molecule has 0 spiro atoms. The Balaban J connectivity index is 1.95. The summed E-state index contributed by atoms with van der Waals surface area (Å²) in [5, 5.41) is 5.76. The topological polar surface area (TPSA) is 58.2 Å². The monoisotopic (exact) mass is 514 g/mol. The van der Waals surface area contributed by atoms with E-state index < -0.39 is 0 Å².